The highest BCUT2D eigenvalue weighted by atomic mass is 79.9. The van der Waals surface area contributed by atoms with Crippen molar-refractivity contribution in [2.24, 2.45) is 0 Å². The van der Waals surface area contributed by atoms with Crippen LogP contribution < -0.4 is 0 Å². The van der Waals surface area contributed by atoms with Crippen molar-refractivity contribution in [1.29, 1.82) is 0 Å². The van der Waals surface area contributed by atoms with Crippen LogP contribution in [0.2, 0.25) is 5.02 Å². The summed E-state index contributed by atoms with van der Waals surface area (Å²) in [5, 5.41) is 2.12. The van der Waals surface area contributed by atoms with Crippen LogP contribution in [0.25, 0.3) is 10.1 Å². The zero-order chi connectivity index (χ0) is 12.5. The third-order valence-corrected chi connectivity index (χ3v) is 5.32. The molecule has 0 saturated heterocycles. The average Bonchev–Trinajstić information content (AvgIpc) is 2.77. The molecule has 1 aromatic heterocycles. The van der Waals surface area contributed by atoms with Crippen LogP contribution in [0, 0.1) is 0 Å². The normalized spacial score (nSPS) is 11.0. The van der Waals surface area contributed by atoms with E-state index in [1.54, 1.807) is 0 Å². The Balaban J connectivity index is 1.99. The predicted molar refractivity (Wildman–Crippen MR) is 83.8 cm³/mol. The Labute approximate surface area is 123 Å². The molecule has 0 bridgehead atoms. The standard InChI is InChI=1S/C15H10BrClS/c16-13-6-3-5-11(15(13)17)9-12-8-10-4-1-2-7-14(10)18-12/h1-8H,9H2. The molecular formula is C15H10BrClS. The van der Waals surface area contributed by atoms with Gasteiger partial charge >= 0.3 is 0 Å². The second kappa shape index (κ2) is 5.04. The van der Waals surface area contributed by atoms with Gasteiger partial charge in [-0.2, -0.15) is 0 Å². The van der Waals surface area contributed by atoms with Crippen molar-refractivity contribution >= 4 is 49.0 Å². The van der Waals surface area contributed by atoms with E-state index in [0.717, 1.165) is 21.5 Å². The van der Waals surface area contributed by atoms with E-state index in [0.29, 0.717) is 0 Å². The van der Waals surface area contributed by atoms with Crippen LogP contribution in [0.15, 0.2) is 53.0 Å². The fourth-order valence-corrected chi connectivity index (χ4v) is 3.68. The van der Waals surface area contributed by atoms with Crippen molar-refractivity contribution in [2.45, 2.75) is 6.42 Å². The molecule has 0 aliphatic rings. The Bertz CT molecular complexity index is 670. The maximum Gasteiger partial charge on any atom is 0.0583 e. The quantitative estimate of drug-likeness (QED) is 0.545. The number of benzene rings is 2. The summed E-state index contributed by atoms with van der Waals surface area (Å²) >= 11 is 11.6. The topological polar surface area (TPSA) is 0 Å². The Morgan fingerprint density at radius 3 is 2.72 bits per heavy atom. The van der Waals surface area contributed by atoms with Crippen molar-refractivity contribution in [2.75, 3.05) is 0 Å². The molecule has 3 rings (SSSR count). The van der Waals surface area contributed by atoms with Crippen LogP contribution in [-0.4, -0.2) is 0 Å². The maximum absolute atomic E-state index is 6.30. The summed E-state index contributed by atoms with van der Waals surface area (Å²) in [5.41, 5.74) is 1.16. The van der Waals surface area contributed by atoms with Crippen molar-refractivity contribution in [1.82, 2.24) is 0 Å². The van der Waals surface area contributed by atoms with Gasteiger partial charge in [0.1, 0.15) is 0 Å². The summed E-state index contributed by atoms with van der Waals surface area (Å²) in [6.07, 6.45) is 0.887. The monoisotopic (exact) mass is 336 g/mol. The lowest BCUT2D eigenvalue weighted by atomic mass is 10.1. The third-order valence-electron chi connectivity index (χ3n) is 2.87. The number of rotatable bonds is 2. The minimum absolute atomic E-state index is 0.815. The minimum Gasteiger partial charge on any atom is -0.140 e. The Morgan fingerprint density at radius 1 is 1.06 bits per heavy atom. The highest BCUT2D eigenvalue weighted by Crippen LogP contribution is 2.31. The zero-order valence-electron chi connectivity index (χ0n) is 9.49. The Kier molecular flexibility index (Phi) is 3.42. The van der Waals surface area contributed by atoms with Gasteiger partial charge in [-0.15, -0.1) is 11.3 Å². The molecule has 0 fully saturated rings. The van der Waals surface area contributed by atoms with Crippen LogP contribution in [0.5, 0.6) is 0 Å². The number of fused-ring (bicyclic) bond motifs is 1. The molecule has 1 heterocycles. The van der Waals surface area contributed by atoms with E-state index in [4.69, 9.17) is 11.6 Å². The number of hydrogen-bond donors (Lipinski definition) is 0. The molecule has 3 heteroatoms. The van der Waals surface area contributed by atoms with Gasteiger partial charge in [0.2, 0.25) is 0 Å². The highest BCUT2D eigenvalue weighted by Gasteiger charge is 2.07. The predicted octanol–water partition coefficient (Wildman–Crippen LogP) is 5.91. The van der Waals surface area contributed by atoms with Crippen LogP contribution in [0.3, 0.4) is 0 Å². The van der Waals surface area contributed by atoms with Gasteiger partial charge in [-0.05, 0) is 45.1 Å². The van der Waals surface area contributed by atoms with Gasteiger partial charge in [0.25, 0.3) is 0 Å². The second-order valence-electron chi connectivity index (χ2n) is 4.14. The van der Waals surface area contributed by atoms with Crippen molar-refractivity contribution in [3.05, 3.63) is 68.5 Å². The SMILES string of the molecule is Clc1c(Br)cccc1Cc1cc2ccccc2s1. The van der Waals surface area contributed by atoms with E-state index < -0.39 is 0 Å². The van der Waals surface area contributed by atoms with Crippen molar-refractivity contribution < 1.29 is 0 Å². The van der Waals surface area contributed by atoms with Gasteiger partial charge in [-0.25, -0.2) is 0 Å². The molecule has 2 aromatic carbocycles. The average molecular weight is 338 g/mol. The molecule has 0 nitrogen and oxygen atoms in total. The van der Waals surface area contributed by atoms with E-state index in [1.807, 2.05) is 23.5 Å². The zero-order valence-corrected chi connectivity index (χ0v) is 12.6. The molecule has 0 saturated carbocycles. The lowest BCUT2D eigenvalue weighted by Crippen LogP contribution is -1.86. The van der Waals surface area contributed by atoms with Crippen LogP contribution >= 0.6 is 38.9 Å². The van der Waals surface area contributed by atoms with Crippen molar-refractivity contribution in [3.8, 4) is 0 Å². The third kappa shape index (κ3) is 2.33. The molecule has 0 N–H and O–H groups in total. The molecule has 0 spiro atoms. The van der Waals surface area contributed by atoms with Gasteiger partial charge < -0.3 is 0 Å². The minimum atomic E-state index is 0.815. The lowest BCUT2D eigenvalue weighted by molar-refractivity contribution is 1.24. The molecule has 0 unspecified atom stereocenters. The van der Waals surface area contributed by atoms with Crippen molar-refractivity contribution in [3.63, 3.8) is 0 Å². The van der Waals surface area contributed by atoms with Gasteiger partial charge in [0, 0.05) is 20.5 Å². The number of thiophene rings is 1. The smallest absolute Gasteiger partial charge is 0.0583 e. The van der Waals surface area contributed by atoms with E-state index >= 15 is 0 Å². The van der Waals surface area contributed by atoms with E-state index in [-0.39, 0.29) is 0 Å². The van der Waals surface area contributed by atoms with E-state index in [2.05, 4.69) is 52.3 Å². The second-order valence-corrected chi connectivity index (χ2v) is 6.54. The van der Waals surface area contributed by atoms with Crippen LogP contribution in [0.4, 0.5) is 0 Å². The molecule has 0 aliphatic carbocycles. The van der Waals surface area contributed by atoms with Crippen LogP contribution in [-0.2, 0) is 6.42 Å². The van der Waals surface area contributed by atoms with Gasteiger partial charge in [-0.3, -0.25) is 0 Å². The summed E-state index contributed by atoms with van der Waals surface area (Å²) in [6.45, 7) is 0. The summed E-state index contributed by atoms with van der Waals surface area (Å²) < 4.78 is 2.29. The molecule has 90 valence electrons. The first-order valence-electron chi connectivity index (χ1n) is 5.64. The van der Waals surface area contributed by atoms with Crippen LogP contribution in [0.1, 0.15) is 10.4 Å². The number of hydrogen-bond acceptors (Lipinski definition) is 1. The maximum atomic E-state index is 6.30. The van der Waals surface area contributed by atoms with E-state index in [9.17, 15) is 0 Å². The first-order chi connectivity index (χ1) is 8.74. The molecule has 3 aromatic rings. The summed E-state index contributed by atoms with van der Waals surface area (Å²) in [7, 11) is 0. The summed E-state index contributed by atoms with van der Waals surface area (Å²) in [6, 6.07) is 16.8. The summed E-state index contributed by atoms with van der Waals surface area (Å²) in [5.74, 6) is 0. The first kappa shape index (κ1) is 12.2. The molecule has 0 atom stereocenters. The fraction of sp³-hybridized carbons (Fsp3) is 0.0667. The summed E-state index contributed by atoms with van der Waals surface area (Å²) in [4.78, 5) is 1.34. The largest absolute Gasteiger partial charge is 0.140 e. The molecular weight excluding hydrogens is 328 g/mol. The Hall–Kier alpha value is -0.830. The fourth-order valence-electron chi connectivity index (χ4n) is 2.00. The molecule has 0 aliphatic heterocycles. The lowest BCUT2D eigenvalue weighted by Gasteiger charge is -2.03. The van der Waals surface area contributed by atoms with Gasteiger partial charge in [0.05, 0.1) is 5.02 Å². The molecule has 18 heavy (non-hydrogen) atoms. The highest BCUT2D eigenvalue weighted by molar-refractivity contribution is 9.10. The van der Waals surface area contributed by atoms with Gasteiger partial charge in [-0.1, -0.05) is 41.9 Å². The van der Waals surface area contributed by atoms with Gasteiger partial charge in [0.15, 0.2) is 0 Å². The molecule has 0 amide bonds. The number of halogens is 2. The Morgan fingerprint density at radius 2 is 1.89 bits per heavy atom. The van der Waals surface area contributed by atoms with E-state index in [1.165, 1.54) is 15.0 Å². The first-order valence-corrected chi connectivity index (χ1v) is 7.63. The molecule has 0 radical (unpaired) electrons.